The highest BCUT2D eigenvalue weighted by atomic mass is 35.7. The lowest BCUT2D eigenvalue weighted by Gasteiger charge is -2.16. The van der Waals surface area contributed by atoms with Crippen molar-refractivity contribution in [1.82, 2.24) is 0 Å². The Morgan fingerprint density at radius 2 is 2.11 bits per heavy atom. The number of hydrogen-bond acceptors (Lipinski definition) is 4. The fraction of sp³-hybridized carbons (Fsp3) is 0.417. The number of nitrogens with two attached hydrogens (primary N) is 1. The summed E-state index contributed by atoms with van der Waals surface area (Å²) < 4.78 is 27.9. The fourth-order valence-corrected chi connectivity index (χ4v) is 2.35. The highest BCUT2D eigenvalue weighted by Gasteiger charge is 2.17. The van der Waals surface area contributed by atoms with Crippen LogP contribution in [0.3, 0.4) is 0 Å². The lowest BCUT2D eigenvalue weighted by atomic mass is 9.98. The van der Waals surface area contributed by atoms with Crippen LogP contribution in [0.15, 0.2) is 23.1 Å². The zero-order valence-corrected chi connectivity index (χ0v) is 12.3. The summed E-state index contributed by atoms with van der Waals surface area (Å²) in [6.45, 7) is 3.64. The van der Waals surface area contributed by atoms with E-state index in [4.69, 9.17) is 21.2 Å². The van der Waals surface area contributed by atoms with Crippen LogP contribution in [0, 0.1) is 0 Å². The van der Waals surface area contributed by atoms with Crippen LogP contribution in [-0.4, -0.2) is 20.9 Å². The Kier molecular flexibility index (Phi) is 5.20. The average molecular weight is 306 g/mol. The predicted molar refractivity (Wildman–Crippen MR) is 72.9 cm³/mol. The highest BCUT2D eigenvalue weighted by molar-refractivity contribution is 8.13. The van der Waals surface area contributed by atoms with Crippen LogP contribution in [0.2, 0.25) is 0 Å². The lowest BCUT2D eigenvalue weighted by Crippen LogP contribution is -2.20. The number of primary amides is 1. The second-order valence-corrected chi connectivity index (χ2v) is 6.77. The fourth-order valence-electron chi connectivity index (χ4n) is 1.56. The maximum Gasteiger partial charge on any atom is 0.261 e. The topological polar surface area (TPSA) is 86.5 Å². The molecule has 0 fully saturated rings. The molecule has 1 aromatic carbocycles. The second-order valence-electron chi connectivity index (χ2n) is 4.20. The largest absolute Gasteiger partial charge is 0.483 e. The summed E-state index contributed by atoms with van der Waals surface area (Å²) in [5.41, 5.74) is 5.70. The molecule has 0 aliphatic heterocycles. The molecule has 0 aliphatic rings. The number of benzene rings is 1. The van der Waals surface area contributed by atoms with Crippen molar-refractivity contribution in [3.8, 4) is 5.75 Å². The van der Waals surface area contributed by atoms with Gasteiger partial charge in [-0.25, -0.2) is 8.42 Å². The van der Waals surface area contributed by atoms with Crippen LogP contribution in [0.25, 0.3) is 0 Å². The van der Waals surface area contributed by atoms with Gasteiger partial charge in [-0.3, -0.25) is 4.79 Å². The van der Waals surface area contributed by atoms with Crippen molar-refractivity contribution in [3.63, 3.8) is 0 Å². The third-order valence-electron chi connectivity index (χ3n) is 2.78. The van der Waals surface area contributed by atoms with Crippen LogP contribution in [0.4, 0.5) is 0 Å². The minimum absolute atomic E-state index is 0.0101. The number of hydrogen-bond donors (Lipinski definition) is 1. The SMILES string of the molecule is CCC(C)c1cc(S(=O)(=O)Cl)ccc1OCC(N)=O. The van der Waals surface area contributed by atoms with Crippen molar-refractivity contribution < 1.29 is 17.9 Å². The first-order valence-corrected chi connectivity index (χ1v) is 8.06. The molecular weight excluding hydrogens is 290 g/mol. The summed E-state index contributed by atoms with van der Waals surface area (Å²) in [5.74, 6) is -0.0809. The van der Waals surface area contributed by atoms with E-state index in [2.05, 4.69) is 0 Å². The molecule has 106 valence electrons. The maximum absolute atomic E-state index is 11.3. The van der Waals surface area contributed by atoms with E-state index in [0.717, 1.165) is 6.42 Å². The standard InChI is InChI=1S/C12H16ClNO4S/c1-3-8(2)10-6-9(19(13,16)17)4-5-11(10)18-7-12(14)15/h4-6,8H,3,7H2,1-2H3,(H2,14,15). The van der Waals surface area contributed by atoms with Gasteiger partial charge in [0, 0.05) is 10.7 Å². The Morgan fingerprint density at radius 3 is 2.58 bits per heavy atom. The molecule has 1 rings (SSSR count). The number of rotatable bonds is 6. The molecule has 19 heavy (non-hydrogen) atoms. The van der Waals surface area contributed by atoms with Crippen LogP contribution in [-0.2, 0) is 13.8 Å². The molecule has 0 aliphatic carbocycles. The van der Waals surface area contributed by atoms with E-state index in [1.54, 1.807) is 0 Å². The molecule has 1 aromatic rings. The van der Waals surface area contributed by atoms with Crippen molar-refractivity contribution in [1.29, 1.82) is 0 Å². The molecule has 0 spiro atoms. The predicted octanol–water partition coefficient (Wildman–Crippen LogP) is 1.99. The Labute approximate surface area is 117 Å². The molecular formula is C12H16ClNO4S. The number of carbonyl (C=O) groups is 1. The summed E-state index contributed by atoms with van der Waals surface area (Å²) in [4.78, 5) is 10.7. The zero-order valence-electron chi connectivity index (χ0n) is 10.7. The van der Waals surface area contributed by atoms with Crippen molar-refractivity contribution in [3.05, 3.63) is 23.8 Å². The Morgan fingerprint density at radius 1 is 1.47 bits per heavy atom. The van der Waals surface area contributed by atoms with E-state index in [1.165, 1.54) is 18.2 Å². The van der Waals surface area contributed by atoms with Crippen LogP contribution in [0.1, 0.15) is 31.7 Å². The first-order valence-electron chi connectivity index (χ1n) is 5.75. The highest BCUT2D eigenvalue weighted by Crippen LogP contribution is 2.32. The quantitative estimate of drug-likeness (QED) is 0.814. The van der Waals surface area contributed by atoms with E-state index in [1.807, 2.05) is 13.8 Å². The van der Waals surface area contributed by atoms with Gasteiger partial charge < -0.3 is 10.5 Å². The lowest BCUT2D eigenvalue weighted by molar-refractivity contribution is -0.119. The first kappa shape index (κ1) is 15.8. The van der Waals surface area contributed by atoms with Gasteiger partial charge >= 0.3 is 0 Å². The van der Waals surface area contributed by atoms with Gasteiger partial charge in [-0.15, -0.1) is 0 Å². The summed E-state index contributed by atoms with van der Waals surface area (Å²) in [5, 5.41) is 0. The molecule has 0 aromatic heterocycles. The Hall–Kier alpha value is -1.27. The molecule has 1 amide bonds. The first-order chi connectivity index (χ1) is 8.75. The average Bonchev–Trinajstić information content (AvgIpc) is 2.34. The molecule has 1 unspecified atom stereocenters. The van der Waals surface area contributed by atoms with Crippen LogP contribution in [0.5, 0.6) is 5.75 Å². The molecule has 1 atom stereocenters. The van der Waals surface area contributed by atoms with Gasteiger partial charge in [0.2, 0.25) is 0 Å². The van der Waals surface area contributed by atoms with Crippen molar-refractivity contribution in [2.75, 3.05) is 6.61 Å². The molecule has 5 nitrogen and oxygen atoms in total. The van der Waals surface area contributed by atoms with Gasteiger partial charge in [-0.1, -0.05) is 13.8 Å². The van der Waals surface area contributed by atoms with E-state index < -0.39 is 15.0 Å². The summed E-state index contributed by atoms with van der Waals surface area (Å²) in [6, 6.07) is 4.29. The Bertz CT molecular complexity index is 571. The van der Waals surface area contributed by atoms with E-state index in [9.17, 15) is 13.2 Å². The van der Waals surface area contributed by atoms with Gasteiger partial charge in [-0.2, -0.15) is 0 Å². The second kappa shape index (κ2) is 6.25. The third-order valence-corrected chi connectivity index (χ3v) is 4.13. The van der Waals surface area contributed by atoms with Gasteiger partial charge in [0.25, 0.3) is 15.0 Å². The monoisotopic (exact) mass is 305 g/mol. The molecule has 0 heterocycles. The van der Waals surface area contributed by atoms with E-state index in [-0.39, 0.29) is 17.4 Å². The molecule has 0 saturated carbocycles. The van der Waals surface area contributed by atoms with E-state index >= 15 is 0 Å². The minimum atomic E-state index is -3.79. The van der Waals surface area contributed by atoms with Crippen molar-refractivity contribution >= 4 is 25.6 Å². The van der Waals surface area contributed by atoms with Crippen LogP contribution >= 0.6 is 10.7 Å². The van der Waals surface area contributed by atoms with Crippen molar-refractivity contribution in [2.45, 2.75) is 31.1 Å². The van der Waals surface area contributed by atoms with E-state index in [0.29, 0.717) is 11.3 Å². The zero-order chi connectivity index (χ0) is 14.6. The van der Waals surface area contributed by atoms with Crippen molar-refractivity contribution in [2.24, 2.45) is 5.73 Å². The summed E-state index contributed by atoms with van der Waals surface area (Å²) >= 11 is 0. The number of amides is 1. The van der Waals surface area contributed by atoms with Gasteiger partial charge in [0.05, 0.1) is 4.90 Å². The van der Waals surface area contributed by atoms with Gasteiger partial charge in [0.1, 0.15) is 5.75 Å². The maximum atomic E-state index is 11.3. The smallest absolute Gasteiger partial charge is 0.261 e. The molecule has 2 N–H and O–H groups in total. The number of carbonyl (C=O) groups excluding carboxylic acids is 1. The molecule has 7 heteroatoms. The number of halogens is 1. The summed E-state index contributed by atoms with van der Waals surface area (Å²) in [6.07, 6.45) is 0.790. The van der Waals surface area contributed by atoms with Gasteiger partial charge in [-0.05, 0) is 36.1 Å². The Balaban J connectivity index is 3.20. The van der Waals surface area contributed by atoms with Crippen LogP contribution < -0.4 is 10.5 Å². The summed E-state index contributed by atoms with van der Waals surface area (Å²) in [7, 11) is 1.53. The molecule has 0 radical (unpaired) electrons. The number of ether oxygens (including phenoxy) is 1. The normalized spacial score (nSPS) is 13.0. The molecule has 0 saturated heterocycles. The third kappa shape index (κ3) is 4.40. The van der Waals surface area contributed by atoms with Gasteiger partial charge in [0.15, 0.2) is 6.61 Å². The molecule has 0 bridgehead atoms. The minimum Gasteiger partial charge on any atom is -0.483 e.